The lowest BCUT2D eigenvalue weighted by Gasteiger charge is -2.16. The van der Waals surface area contributed by atoms with Crippen LogP contribution in [-0.4, -0.2) is 41.8 Å². The average molecular weight is 395 g/mol. The van der Waals surface area contributed by atoms with Crippen molar-refractivity contribution < 1.29 is 23.6 Å². The quantitative estimate of drug-likeness (QED) is 0.687. The summed E-state index contributed by atoms with van der Waals surface area (Å²) in [4.78, 5) is 24.9. The second-order valence-corrected chi connectivity index (χ2v) is 7.02. The summed E-state index contributed by atoms with van der Waals surface area (Å²) < 4.78 is 16.1. The summed E-state index contributed by atoms with van der Waals surface area (Å²) in [6, 6.07) is 15.5. The second-order valence-electron chi connectivity index (χ2n) is 7.02. The van der Waals surface area contributed by atoms with Crippen LogP contribution in [0, 0.1) is 5.92 Å². The number of likely N-dealkylation sites (tertiary alicyclic amines) is 1. The second kappa shape index (κ2) is 8.22. The largest absolute Gasteiger partial charge is 0.493 e. The van der Waals surface area contributed by atoms with Crippen LogP contribution in [0.3, 0.4) is 0 Å². The number of carbonyl (C=O) groups is 2. The molecule has 8 heteroatoms. The Labute approximate surface area is 167 Å². The summed E-state index contributed by atoms with van der Waals surface area (Å²) >= 11 is 0. The monoisotopic (exact) mass is 395 g/mol. The van der Waals surface area contributed by atoms with Gasteiger partial charge in [0.15, 0.2) is 18.1 Å². The molecule has 0 bridgehead atoms. The van der Waals surface area contributed by atoms with Gasteiger partial charge in [-0.3, -0.25) is 4.79 Å². The van der Waals surface area contributed by atoms with Gasteiger partial charge in [0.2, 0.25) is 0 Å². The zero-order valence-electron chi connectivity index (χ0n) is 15.7. The highest BCUT2D eigenvalue weighted by atomic mass is 16.6. The molecular weight excluding hydrogens is 374 g/mol. The maximum absolute atomic E-state index is 12.2. The standard InChI is InChI=1S/C21H21N3O5/c22-20(25)19-10-18(29-23-19)13-28-21(26)24-8-7-14(11-24)12-27-17-6-5-15-3-1-2-4-16(15)9-17/h1-6,9-10,14H,7-8,11-13H2,(H2,22,25)/t14-/m0/s1. The molecule has 2 N–H and O–H groups in total. The summed E-state index contributed by atoms with van der Waals surface area (Å²) in [6.45, 7) is 1.60. The number of nitrogens with zero attached hydrogens (tertiary/aromatic N) is 2. The number of hydrogen-bond acceptors (Lipinski definition) is 6. The Morgan fingerprint density at radius 1 is 1.17 bits per heavy atom. The molecule has 0 saturated carbocycles. The number of aromatic nitrogens is 1. The van der Waals surface area contributed by atoms with E-state index in [1.54, 1.807) is 4.90 Å². The van der Waals surface area contributed by atoms with Crippen LogP contribution in [0.25, 0.3) is 10.8 Å². The summed E-state index contributed by atoms with van der Waals surface area (Å²) in [5.41, 5.74) is 5.11. The first-order valence-electron chi connectivity index (χ1n) is 9.37. The van der Waals surface area contributed by atoms with Gasteiger partial charge in [-0.25, -0.2) is 4.79 Å². The highest BCUT2D eigenvalue weighted by Gasteiger charge is 2.28. The summed E-state index contributed by atoms with van der Waals surface area (Å²) in [5.74, 6) is 0.628. The van der Waals surface area contributed by atoms with Crippen molar-refractivity contribution in [2.24, 2.45) is 11.7 Å². The third kappa shape index (κ3) is 4.48. The van der Waals surface area contributed by atoms with Gasteiger partial charge in [0, 0.05) is 25.1 Å². The maximum Gasteiger partial charge on any atom is 0.410 e. The van der Waals surface area contributed by atoms with E-state index in [1.165, 1.54) is 11.5 Å². The van der Waals surface area contributed by atoms with Crippen LogP contribution in [0.5, 0.6) is 5.75 Å². The number of primary amides is 1. The number of nitrogens with two attached hydrogens (primary N) is 1. The van der Waals surface area contributed by atoms with Crippen LogP contribution >= 0.6 is 0 Å². The van der Waals surface area contributed by atoms with Crippen LogP contribution in [0.15, 0.2) is 53.1 Å². The molecule has 0 spiro atoms. The Morgan fingerprint density at radius 3 is 2.79 bits per heavy atom. The first-order valence-corrected chi connectivity index (χ1v) is 9.37. The average Bonchev–Trinajstić information content (AvgIpc) is 3.40. The zero-order chi connectivity index (χ0) is 20.2. The number of amides is 2. The number of rotatable bonds is 6. The predicted molar refractivity (Wildman–Crippen MR) is 104 cm³/mol. The highest BCUT2D eigenvalue weighted by Crippen LogP contribution is 2.23. The lowest BCUT2D eigenvalue weighted by Crippen LogP contribution is -2.30. The first-order chi connectivity index (χ1) is 14.1. The topological polar surface area (TPSA) is 108 Å². The molecule has 4 rings (SSSR count). The Balaban J connectivity index is 1.24. The fourth-order valence-corrected chi connectivity index (χ4v) is 3.33. The van der Waals surface area contributed by atoms with Gasteiger partial charge in [-0.2, -0.15) is 0 Å². The third-order valence-corrected chi connectivity index (χ3v) is 4.90. The van der Waals surface area contributed by atoms with Crippen molar-refractivity contribution in [3.05, 3.63) is 60.0 Å². The number of fused-ring (bicyclic) bond motifs is 1. The van der Waals surface area contributed by atoms with E-state index in [4.69, 9.17) is 19.7 Å². The van der Waals surface area contributed by atoms with Crippen molar-refractivity contribution >= 4 is 22.8 Å². The molecule has 1 aromatic heterocycles. The van der Waals surface area contributed by atoms with Gasteiger partial charge in [-0.05, 0) is 29.3 Å². The van der Waals surface area contributed by atoms with E-state index in [-0.39, 0.29) is 24.0 Å². The molecule has 1 aliphatic rings. The van der Waals surface area contributed by atoms with Crippen molar-refractivity contribution in [1.29, 1.82) is 0 Å². The molecule has 0 aliphatic carbocycles. The maximum atomic E-state index is 12.2. The molecule has 2 aromatic carbocycles. The van der Waals surface area contributed by atoms with Crippen LogP contribution in [0.1, 0.15) is 22.7 Å². The molecule has 3 aromatic rings. The fourth-order valence-electron chi connectivity index (χ4n) is 3.33. The Bertz CT molecular complexity index is 1030. The van der Waals surface area contributed by atoms with Crippen molar-refractivity contribution in [3.8, 4) is 5.75 Å². The molecule has 1 saturated heterocycles. The van der Waals surface area contributed by atoms with Crippen LogP contribution < -0.4 is 10.5 Å². The van der Waals surface area contributed by atoms with Gasteiger partial charge in [0.05, 0.1) is 6.61 Å². The van der Waals surface area contributed by atoms with E-state index < -0.39 is 12.0 Å². The summed E-state index contributed by atoms with van der Waals surface area (Å²) in [7, 11) is 0. The molecule has 2 heterocycles. The molecule has 1 aliphatic heterocycles. The van der Waals surface area contributed by atoms with Gasteiger partial charge < -0.3 is 24.6 Å². The summed E-state index contributed by atoms with van der Waals surface area (Å²) in [5, 5.41) is 5.81. The first kappa shape index (κ1) is 18.8. The molecule has 2 amide bonds. The fraction of sp³-hybridized carbons (Fsp3) is 0.286. The molecule has 0 radical (unpaired) electrons. The Morgan fingerprint density at radius 2 is 2.00 bits per heavy atom. The van der Waals surface area contributed by atoms with Crippen LogP contribution in [0.4, 0.5) is 4.79 Å². The third-order valence-electron chi connectivity index (χ3n) is 4.90. The van der Waals surface area contributed by atoms with E-state index in [9.17, 15) is 9.59 Å². The number of ether oxygens (including phenoxy) is 2. The number of carbonyl (C=O) groups excluding carboxylic acids is 2. The zero-order valence-corrected chi connectivity index (χ0v) is 15.7. The Kier molecular flexibility index (Phi) is 5.33. The van der Waals surface area contributed by atoms with E-state index in [0.717, 1.165) is 17.6 Å². The van der Waals surface area contributed by atoms with Crippen molar-refractivity contribution in [3.63, 3.8) is 0 Å². The van der Waals surface area contributed by atoms with Gasteiger partial charge in [-0.15, -0.1) is 0 Å². The van der Waals surface area contributed by atoms with Gasteiger partial charge >= 0.3 is 6.09 Å². The minimum Gasteiger partial charge on any atom is -0.493 e. The van der Waals surface area contributed by atoms with Crippen molar-refractivity contribution in [2.75, 3.05) is 19.7 Å². The molecule has 150 valence electrons. The van der Waals surface area contributed by atoms with Crippen LogP contribution in [-0.2, 0) is 11.3 Å². The van der Waals surface area contributed by atoms with Crippen molar-refractivity contribution in [1.82, 2.24) is 10.1 Å². The summed E-state index contributed by atoms with van der Waals surface area (Å²) in [6.07, 6.45) is 0.409. The number of benzene rings is 2. The van der Waals surface area contributed by atoms with Crippen LogP contribution in [0.2, 0.25) is 0 Å². The SMILES string of the molecule is NC(=O)c1cc(COC(=O)N2CC[C@H](COc3ccc4ccccc4c3)C2)on1. The highest BCUT2D eigenvalue weighted by molar-refractivity contribution is 5.90. The van der Waals surface area contributed by atoms with Gasteiger partial charge in [-0.1, -0.05) is 35.5 Å². The molecule has 29 heavy (non-hydrogen) atoms. The molecule has 8 nitrogen and oxygen atoms in total. The molecular formula is C21H21N3O5. The van der Waals surface area contributed by atoms with E-state index in [0.29, 0.717) is 19.7 Å². The minimum absolute atomic E-state index is 0.00289. The van der Waals surface area contributed by atoms with Gasteiger partial charge in [0.25, 0.3) is 5.91 Å². The van der Waals surface area contributed by atoms with E-state index >= 15 is 0 Å². The van der Waals surface area contributed by atoms with Gasteiger partial charge in [0.1, 0.15) is 5.75 Å². The van der Waals surface area contributed by atoms with E-state index in [2.05, 4.69) is 17.3 Å². The minimum atomic E-state index is -0.694. The Hall–Kier alpha value is -3.55. The lowest BCUT2D eigenvalue weighted by atomic mass is 10.1. The molecule has 0 unspecified atom stereocenters. The number of hydrogen-bond donors (Lipinski definition) is 1. The predicted octanol–water partition coefficient (Wildman–Crippen LogP) is 2.96. The molecule has 1 atom stereocenters. The van der Waals surface area contributed by atoms with E-state index in [1.807, 2.05) is 30.3 Å². The smallest absolute Gasteiger partial charge is 0.410 e. The van der Waals surface area contributed by atoms with Crippen molar-refractivity contribution in [2.45, 2.75) is 13.0 Å². The molecule has 1 fully saturated rings. The lowest BCUT2D eigenvalue weighted by molar-refractivity contribution is 0.0924. The normalized spacial score (nSPS) is 16.1.